The molecule has 1 aromatic carbocycles. The second-order valence-electron chi connectivity index (χ2n) is 4.68. The van der Waals surface area contributed by atoms with Gasteiger partial charge in [-0.1, -0.05) is 18.2 Å². The molecule has 8 heteroatoms. The molecular formula is C13H15NO5S2. The van der Waals surface area contributed by atoms with Crippen molar-refractivity contribution in [2.24, 2.45) is 0 Å². The van der Waals surface area contributed by atoms with Gasteiger partial charge in [-0.25, -0.2) is 13.2 Å². The zero-order valence-electron chi connectivity index (χ0n) is 11.5. The van der Waals surface area contributed by atoms with Gasteiger partial charge in [0.15, 0.2) is 5.54 Å². The Bertz CT molecular complexity index is 768. The third-order valence-electron chi connectivity index (χ3n) is 3.05. The summed E-state index contributed by atoms with van der Waals surface area (Å²) < 4.78 is 32.5. The number of ether oxygens (including phenoxy) is 1. The zero-order chi connectivity index (χ0) is 15.7. The SMILES string of the molecule is COC(=O)[C@@](C)(CO)NS(=O)(=O)c1csc2ccccc12. The molecule has 0 fully saturated rings. The summed E-state index contributed by atoms with van der Waals surface area (Å²) in [7, 11) is -2.84. The van der Waals surface area contributed by atoms with E-state index in [0.717, 1.165) is 11.8 Å². The van der Waals surface area contributed by atoms with E-state index in [1.807, 2.05) is 12.1 Å². The van der Waals surface area contributed by atoms with Crippen molar-refractivity contribution in [3.63, 3.8) is 0 Å². The molecule has 0 radical (unpaired) electrons. The van der Waals surface area contributed by atoms with Crippen LogP contribution in [0.25, 0.3) is 10.1 Å². The Kier molecular flexibility index (Phi) is 4.33. The summed E-state index contributed by atoms with van der Waals surface area (Å²) in [6.45, 7) is 0.561. The van der Waals surface area contributed by atoms with Crippen molar-refractivity contribution in [1.82, 2.24) is 4.72 Å². The normalized spacial score (nSPS) is 14.8. The fourth-order valence-electron chi connectivity index (χ4n) is 1.88. The zero-order valence-corrected chi connectivity index (χ0v) is 13.1. The Hall–Kier alpha value is -1.48. The number of hydrogen-bond acceptors (Lipinski definition) is 6. The van der Waals surface area contributed by atoms with Gasteiger partial charge in [-0.3, -0.25) is 0 Å². The van der Waals surface area contributed by atoms with Gasteiger partial charge in [0.25, 0.3) is 0 Å². The molecule has 0 aliphatic carbocycles. The molecule has 1 heterocycles. The number of methoxy groups -OCH3 is 1. The van der Waals surface area contributed by atoms with Gasteiger partial charge in [-0.15, -0.1) is 11.3 Å². The fourth-order valence-corrected chi connectivity index (χ4v) is 4.73. The minimum absolute atomic E-state index is 0.0756. The molecule has 1 aromatic heterocycles. The van der Waals surface area contributed by atoms with E-state index in [1.54, 1.807) is 12.1 Å². The van der Waals surface area contributed by atoms with Crippen LogP contribution in [0, 0.1) is 0 Å². The third kappa shape index (κ3) is 2.93. The van der Waals surface area contributed by atoms with Gasteiger partial charge in [0.1, 0.15) is 4.90 Å². The van der Waals surface area contributed by atoms with Crippen molar-refractivity contribution in [3.8, 4) is 0 Å². The molecule has 0 saturated carbocycles. The average Bonchev–Trinajstić information content (AvgIpc) is 2.90. The number of carbonyl (C=O) groups excluding carboxylic acids is 1. The quantitative estimate of drug-likeness (QED) is 0.802. The Labute approximate surface area is 126 Å². The molecule has 1 atom stereocenters. The number of aliphatic hydroxyl groups is 1. The second kappa shape index (κ2) is 5.72. The molecule has 0 aliphatic heterocycles. The molecule has 2 aromatic rings. The number of fused-ring (bicyclic) bond motifs is 1. The van der Waals surface area contributed by atoms with E-state index in [1.165, 1.54) is 23.6 Å². The number of esters is 1. The van der Waals surface area contributed by atoms with Gasteiger partial charge in [-0.05, 0) is 13.0 Å². The first-order valence-corrected chi connectivity index (χ1v) is 8.40. The van der Waals surface area contributed by atoms with Crippen LogP contribution < -0.4 is 4.72 Å². The van der Waals surface area contributed by atoms with E-state index in [0.29, 0.717) is 5.39 Å². The lowest BCUT2D eigenvalue weighted by Gasteiger charge is -2.25. The molecule has 114 valence electrons. The summed E-state index contributed by atoms with van der Waals surface area (Å²) in [5, 5.41) is 11.4. The predicted octanol–water partition coefficient (Wildman–Crippen LogP) is 1.10. The summed E-state index contributed by atoms with van der Waals surface area (Å²) in [6.07, 6.45) is 0. The maximum absolute atomic E-state index is 12.5. The average molecular weight is 329 g/mol. The van der Waals surface area contributed by atoms with Crippen molar-refractivity contribution in [1.29, 1.82) is 0 Å². The Morgan fingerprint density at radius 3 is 2.71 bits per heavy atom. The van der Waals surface area contributed by atoms with Crippen molar-refractivity contribution < 1.29 is 23.1 Å². The van der Waals surface area contributed by atoms with Crippen LogP contribution in [0.15, 0.2) is 34.5 Å². The molecule has 0 spiro atoms. The van der Waals surface area contributed by atoms with Gasteiger partial charge in [0.05, 0.1) is 13.7 Å². The lowest BCUT2D eigenvalue weighted by atomic mass is 10.1. The molecule has 0 saturated heterocycles. The van der Waals surface area contributed by atoms with Crippen molar-refractivity contribution in [2.45, 2.75) is 17.4 Å². The number of sulfonamides is 1. The molecule has 0 aliphatic rings. The number of hydrogen-bond donors (Lipinski definition) is 2. The van der Waals surface area contributed by atoms with Crippen LogP contribution in [0.2, 0.25) is 0 Å². The molecule has 2 N–H and O–H groups in total. The maximum atomic E-state index is 12.5. The number of thiophene rings is 1. The predicted molar refractivity (Wildman–Crippen MR) is 79.7 cm³/mol. The molecule has 0 unspecified atom stereocenters. The highest BCUT2D eigenvalue weighted by Crippen LogP contribution is 2.29. The number of carbonyl (C=O) groups is 1. The first-order valence-electron chi connectivity index (χ1n) is 6.03. The Balaban J connectivity index is 2.45. The lowest BCUT2D eigenvalue weighted by Crippen LogP contribution is -2.55. The van der Waals surface area contributed by atoms with E-state index in [2.05, 4.69) is 9.46 Å². The standard InChI is InChI=1S/C13H15NO5S2/c1-13(8-15,12(16)19-2)14-21(17,18)11-7-20-10-6-4-3-5-9(10)11/h3-7,14-15H,8H2,1-2H3/t13-/m1/s1. The second-order valence-corrected chi connectivity index (χ2v) is 7.25. The summed E-state index contributed by atoms with van der Waals surface area (Å²) in [5.41, 5.74) is -1.73. The highest BCUT2D eigenvalue weighted by atomic mass is 32.2. The number of benzene rings is 1. The van der Waals surface area contributed by atoms with Gasteiger partial charge < -0.3 is 9.84 Å². The van der Waals surface area contributed by atoms with E-state index in [4.69, 9.17) is 0 Å². The van der Waals surface area contributed by atoms with E-state index in [9.17, 15) is 18.3 Å². The molecule has 21 heavy (non-hydrogen) atoms. The van der Waals surface area contributed by atoms with Crippen LogP contribution in [-0.2, 0) is 19.6 Å². The molecular weight excluding hydrogens is 314 g/mol. The Morgan fingerprint density at radius 2 is 2.10 bits per heavy atom. The Morgan fingerprint density at radius 1 is 1.43 bits per heavy atom. The summed E-state index contributed by atoms with van der Waals surface area (Å²) in [6, 6.07) is 7.05. The number of aliphatic hydroxyl groups excluding tert-OH is 1. The topological polar surface area (TPSA) is 92.7 Å². The van der Waals surface area contributed by atoms with E-state index < -0.39 is 28.1 Å². The number of nitrogens with one attached hydrogen (secondary N) is 1. The largest absolute Gasteiger partial charge is 0.468 e. The summed E-state index contributed by atoms with van der Waals surface area (Å²) in [4.78, 5) is 11.7. The summed E-state index contributed by atoms with van der Waals surface area (Å²) in [5.74, 6) is -0.854. The van der Waals surface area contributed by atoms with Crippen LogP contribution in [0.4, 0.5) is 0 Å². The van der Waals surface area contributed by atoms with Crippen LogP contribution in [0.3, 0.4) is 0 Å². The lowest BCUT2D eigenvalue weighted by molar-refractivity contribution is -0.148. The van der Waals surface area contributed by atoms with E-state index in [-0.39, 0.29) is 4.90 Å². The monoisotopic (exact) mass is 329 g/mol. The minimum atomic E-state index is -3.97. The summed E-state index contributed by atoms with van der Waals surface area (Å²) >= 11 is 1.29. The maximum Gasteiger partial charge on any atom is 0.329 e. The highest BCUT2D eigenvalue weighted by Gasteiger charge is 2.39. The molecule has 2 rings (SSSR count). The first-order chi connectivity index (χ1) is 9.84. The van der Waals surface area contributed by atoms with Crippen LogP contribution in [-0.4, -0.2) is 38.7 Å². The van der Waals surface area contributed by atoms with Crippen LogP contribution in [0.5, 0.6) is 0 Å². The highest BCUT2D eigenvalue weighted by molar-refractivity contribution is 7.90. The van der Waals surface area contributed by atoms with Gasteiger partial charge in [0.2, 0.25) is 10.0 Å². The van der Waals surface area contributed by atoms with Crippen LogP contribution >= 0.6 is 11.3 Å². The first kappa shape index (κ1) is 15.9. The third-order valence-corrected chi connectivity index (χ3v) is 5.80. The number of rotatable bonds is 5. The van der Waals surface area contributed by atoms with Gasteiger partial charge in [0, 0.05) is 15.5 Å². The smallest absolute Gasteiger partial charge is 0.329 e. The van der Waals surface area contributed by atoms with Crippen molar-refractivity contribution in [3.05, 3.63) is 29.6 Å². The van der Waals surface area contributed by atoms with Crippen molar-refractivity contribution in [2.75, 3.05) is 13.7 Å². The van der Waals surface area contributed by atoms with Crippen molar-refractivity contribution >= 4 is 37.4 Å². The van der Waals surface area contributed by atoms with Crippen LogP contribution in [0.1, 0.15) is 6.92 Å². The van der Waals surface area contributed by atoms with Gasteiger partial charge in [-0.2, -0.15) is 4.72 Å². The molecule has 0 bridgehead atoms. The fraction of sp³-hybridized carbons (Fsp3) is 0.308. The molecule has 0 amide bonds. The van der Waals surface area contributed by atoms with Gasteiger partial charge >= 0.3 is 5.97 Å². The van der Waals surface area contributed by atoms with E-state index >= 15 is 0 Å². The minimum Gasteiger partial charge on any atom is -0.468 e. The molecule has 6 nitrogen and oxygen atoms in total.